The number of benzene rings is 1. The standard InChI is InChI=1S/C14H19ClN2O4S/c1-4-9(2)16-14(18)13-8-17(22(3,19)20)11-7-10(15)5-6-12(11)21-13/h5-7,9,13H,4,8H2,1-3H3,(H,16,18). The summed E-state index contributed by atoms with van der Waals surface area (Å²) in [4.78, 5) is 12.2. The summed E-state index contributed by atoms with van der Waals surface area (Å²) in [6, 6.07) is 4.67. The van der Waals surface area contributed by atoms with Gasteiger partial charge in [-0.05, 0) is 31.5 Å². The minimum absolute atomic E-state index is 0.00519. The average molecular weight is 347 g/mol. The molecule has 1 amide bonds. The lowest BCUT2D eigenvalue weighted by Crippen LogP contribution is -2.51. The van der Waals surface area contributed by atoms with Gasteiger partial charge in [0.15, 0.2) is 6.10 Å². The molecule has 22 heavy (non-hydrogen) atoms. The molecule has 1 aliphatic heterocycles. The predicted molar refractivity (Wildman–Crippen MR) is 86.0 cm³/mol. The van der Waals surface area contributed by atoms with E-state index in [0.29, 0.717) is 16.5 Å². The highest BCUT2D eigenvalue weighted by Crippen LogP contribution is 2.37. The molecule has 1 aromatic carbocycles. The minimum atomic E-state index is -3.54. The maximum Gasteiger partial charge on any atom is 0.263 e. The Balaban J connectivity index is 2.33. The van der Waals surface area contributed by atoms with Crippen LogP contribution in [0.5, 0.6) is 5.75 Å². The largest absolute Gasteiger partial charge is 0.476 e. The molecule has 2 atom stereocenters. The van der Waals surface area contributed by atoms with Crippen LogP contribution in [0.3, 0.4) is 0 Å². The Morgan fingerprint density at radius 2 is 2.23 bits per heavy atom. The molecule has 6 nitrogen and oxygen atoms in total. The highest BCUT2D eigenvalue weighted by molar-refractivity contribution is 7.92. The number of nitrogens with one attached hydrogen (secondary N) is 1. The Morgan fingerprint density at radius 1 is 1.55 bits per heavy atom. The van der Waals surface area contributed by atoms with Crippen LogP contribution in [0.1, 0.15) is 20.3 Å². The third kappa shape index (κ3) is 3.64. The molecule has 1 heterocycles. The van der Waals surface area contributed by atoms with Gasteiger partial charge in [0, 0.05) is 11.1 Å². The zero-order valence-corrected chi connectivity index (χ0v) is 14.2. The molecular weight excluding hydrogens is 328 g/mol. The molecule has 0 radical (unpaired) electrons. The second-order valence-electron chi connectivity index (χ2n) is 5.33. The van der Waals surface area contributed by atoms with E-state index in [4.69, 9.17) is 16.3 Å². The van der Waals surface area contributed by atoms with Crippen LogP contribution in [0.4, 0.5) is 5.69 Å². The summed E-state index contributed by atoms with van der Waals surface area (Å²) in [7, 11) is -3.54. The molecule has 0 aromatic heterocycles. The third-order valence-corrected chi connectivity index (χ3v) is 4.87. The maximum absolute atomic E-state index is 12.2. The Bertz CT molecular complexity index is 677. The third-order valence-electron chi connectivity index (χ3n) is 3.48. The van der Waals surface area contributed by atoms with Gasteiger partial charge in [-0.25, -0.2) is 8.42 Å². The number of carbonyl (C=O) groups is 1. The fraction of sp³-hybridized carbons (Fsp3) is 0.500. The minimum Gasteiger partial charge on any atom is -0.476 e. The molecule has 0 fully saturated rings. The summed E-state index contributed by atoms with van der Waals surface area (Å²) in [6.07, 6.45) is 0.977. The lowest BCUT2D eigenvalue weighted by Gasteiger charge is -2.34. The molecule has 122 valence electrons. The number of sulfonamides is 1. The van der Waals surface area contributed by atoms with Crippen molar-refractivity contribution < 1.29 is 17.9 Å². The van der Waals surface area contributed by atoms with E-state index < -0.39 is 16.1 Å². The topological polar surface area (TPSA) is 75.7 Å². The normalized spacial score (nSPS) is 19.1. The molecule has 0 aliphatic carbocycles. The van der Waals surface area contributed by atoms with Gasteiger partial charge in [0.25, 0.3) is 5.91 Å². The van der Waals surface area contributed by atoms with E-state index in [9.17, 15) is 13.2 Å². The molecular formula is C14H19ClN2O4S. The van der Waals surface area contributed by atoms with Crippen molar-refractivity contribution in [3.63, 3.8) is 0 Å². The summed E-state index contributed by atoms with van der Waals surface area (Å²) < 4.78 is 30.8. The average Bonchev–Trinajstić information content (AvgIpc) is 2.44. The monoisotopic (exact) mass is 346 g/mol. The number of hydrogen-bond donors (Lipinski definition) is 1. The van der Waals surface area contributed by atoms with Crippen molar-refractivity contribution in [1.82, 2.24) is 5.32 Å². The summed E-state index contributed by atoms with van der Waals surface area (Å²) in [5, 5.41) is 3.20. The van der Waals surface area contributed by atoms with Gasteiger partial charge in [0.1, 0.15) is 5.75 Å². The van der Waals surface area contributed by atoms with E-state index >= 15 is 0 Å². The summed E-state index contributed by atoms with van der Waals surface area (Å²) >= 11 is 5.92. The van der Waals surface area contributed by atoms with Crippen LogP contribution in [-0.4, -0.2) is 39.3 Å². The van der Waals surface area contributed by atoms with Crippen molar-refractivity contribution in [2.45, 2.75) is 32.4 Å². The van der Waals surface area contributed by atoms with Gasteiger partial charge in [0.05, 0.1) is 18.5 Å². The number of rotatable bonds is 4. The molecule has 0 saturated heterocycles. The van der Waals surface area contributed by atoms with Crippen LogP contribution < -0.4 is 14.4 Å². The van der Waals surface area contributed by atoms with Crippen molar-refractivity contribution in [3.05, 3.63) is 23.2 Å². The van der Waals surface area contributed by atoms with Gasteiger partial charge in [-0.1, -0.05) is 18.5 Å². The molecule has 2 unspecified atom stereocenters. The zero-order valence-electron chi connectivity index (χ0n) is 12.7. The number of fused-ring (bicyclic) bond motifs is 1. The van der Waals surface area contributed by atoms with Gasteiger partial charge < -0.3 is 10.1 Å². The van der Waals surface area contributed by atoms with Crippen LogP contribution in [0, 0.1) is 0 Å². The van der Waals surface area contributed by atoms with E-state index in [1.807, 2.05) is 13.8 Å². The lowest BCUT2D eigenvalue weighted by atomic mass is 10.2. The summed E-state index contributed by atoms with van der Waals surface area (Å²) in [5.41, 5.74) is 0.350. The first kappa shape index (κ1) is 16.9. The zero-order chi connectivity index (χ0) is 16.5. The number of hydrogen-bond acceptors (Lipinski definition) is 4. The molecule has 0 bridgehead atoms. The SMILES string of the molecule is CCC(C)NC(=O)C1CN(S(C)(=O)=O)c2cc(Cl)ccc2O1. The van der Waals surface area contributed by atoms with Gasteiger partial charge in [-0.15, -0.1) is 0 Å². The number of carbonyl (C=O) groups excluding carboxylic acids is 1. The van der Waals surface area contributed by atoms with Gasteiger partial charge >= 0.3 is 0 Å². The van der Waals surface area contributed by atoms with E-state index in [2.05, 4.69) is 5.32 Å². The number of nitrogens with zero attached hydrogens (tertiary/aromatic N) is 1. The first-order valence-corrected chi connectivity index (χ1v) is 9.19. The molecule has 1 aromatic rings. The highest BCUT2D eigenvalue weighted by atomic mass is 35.5. The van der Waals surface area contributed by atoms with Crippen LogP contribution in [0.2, 0.25) is 5.02 Å². The van der Waals surface area contributed by atoms with E-state index in [1.165, 1.54) is 6.07 Å². The number of halogens is 1. The van der Waals surface area contributed by atoms with Crippen molar-refractivity contribution >= 4 is 33.2 Å². The van der Waals surface area contributed by atoms with Crippen molar-refractivity contribution in [2.75, 3.05) is 17.1 Å². The van der Waals surface area contributed by atoms with E-state index in [0.717, 1.165) is 17.0 Å². The Hall–Kier alpha value is -1.47. The summed E-state index contributed by atoms with van der Waals surface area (Å²) in [5.74, 6) is -0.00558. The fourth-order valence-electron chi connectivity index (χ4n) is 2.11. The quantitative estimate of drug-likeness (QED) is 0.901. The lowest BCUT2D eigenvalue weighted by molar-refractivity contribution is -0.128. The second kappa shape index (κ2) is 6.34. The second-order valence-corrected chi connectivity index (χ2v) is 7.67. The molecule has 0 spiro atoms. The van der Waals surface area contributed by atoms with Crippen LogP contribution >= 0.6 is 11.6 Å². The van der Waals surface area contributed by atoms with E-state index in [-0.39, 0.29) is 18.5 Å². The van der Waals surface area contributed by atoms with Crippen molar-refractivity contribution in [3.8, 4) is 5.75 Å². The number of anilines is 1. The molecule has 0 saturated carbocycles. The molecule has 2 rings (SSSR count). The Labute approximate surface area is 135 Å². The Kier molecular flexibility index (Phi) is 4.87. The number of ether oxygens (including phenoxy) is 1. The molecule has 1 N–H and O–H groups in total. The van der Waals surface area contributed by atoms with E-state index in [1.54, 1.807) is 12.1 Å². The molecule has 1 aliphatic rings. The van der Waals surface area contributed by atoms with Gasteiger partial charge in [-0.3, -0.25) is 9.10 Å². The van der Waals surface area contributed by atoms with Crippen LogP contribution in [0.15, 0.2) is 18.2 Å². The van der Waals surface area contributed by atoms with Crippen molar-refractivity contribution in [1.29, 1.82) is 0 Å². The molecule has 8 heteroatoms. The fourth-order valence-corrected chi connectivity index (χ4v) is 3.19. The van der Waals surface area contributed by atoms with Gasteiger partial charge in [0.2, 0.25) is 10.0 Å². The van der Waals surface area contributed by atoms with Crippen molar-refractivity contribution in [2.24, 2.45) is 0 Å². The predicted octanol–water partition coefficient (Wildman–Crippen LogP) is 1.78. The maximum atomic E-state index is 12.2. The van der Waals surface area contributed by atoms with Gasteiger partial charge in [-0.2, -0.15) is 0 Å². The highest BCUT2D eigenvalue weighted by Gasteiger charge is 2.35. The van der Waals surface area contributed by atoms with Crippen LogP contribution in [-0.2, 0) is 14.8 Å². The number of amides is 1. The van der Waals surface area contributed by atoms with Crippen LogP contribution in [0.25, 0.3) is 0 Å². The summed E-state index contributed by atoms with van der Waals surface area (Å²) in [6.45, 7) is 3.75. The smallest absolute Gasteiger partial charge is 0.263 e. The Morgan fingerprint density at radius 3 is 2.82 bits per heavy atom. The first-order chi connectivity index (χ1) is 10.2. The first-order valence-electron chi connectivity index (χ1n) is 6.96.